The number of Topliss-reactive ketones (excluding diaryl/α,β-unsaturated/α-hetero) is 1. The summed E-state index contributed by atoms with van der Waals surface area (Å²) in [5.74, 6) is -1.56. The largest absolute Gasteiger partial charge is 0.503 e. The molecular formula is C29H25FN2O4. The van der Waals surface area contributed by atoms with E-state index in [9.17, 15) is 19.1 Å². The maximum atomic E-state index is 15.0. The zero-order valence-corrected chi connectivity index (χ0v) is 19.7. The minimum Gasteiger partial charge on any atom is -0.503 e. The van der Waals surface area contributed by atoms with E-state index in [0.29, 0.717) is 12.2 Å². The second-order valence-corrected chi connectivity index (χ2v) is 8.75. The Morgan fingerprint density at radius 1 is 1.08 bits per heavy atom. The van der Waals surface area contributed by atoms with E-state index in [1.807, 2.05) is 42.6 Å². The van der Waals surface area contributed by atoms with Gasteiger partial charge in [0, 0.05) is 35.6 Å². The third-order valence-electron chi connectivity index (χ3n) is 6.61. The van der Waals surface area contributed by atoms with E-state index in [-0.39, 0.29) is 24.1 Å². The van der Waals surface area contributed by atoms with Gasteiger partial charge in [0.1, 0.15) is 11.6 Å². The van der Waals surface area contributed by atoms with Gasteiger partial charge in [-0.25, -0.2) is 4.39 Å². The van der Waals surface area contributed by atoms with Crippen LogP contribution in [-0.4, -0.2) is 40.3 Å². The Morgan fingerprint density at radius 2 is 1.83 bits per heavy atom. The van der Waals surface area contributed by atoms with Crippen molar-refractivity contribution < 1.29 is 23.8 Å². The highest BCUT2D eigenvalue weighted by molar-refractivity contribution is 6.09. The summed E-state index contributed by atoms with van der Waals surface area (Å²) in [6.45, 7) is 0.175. The summed E-state index contributed by atoms with van der Waals surface area (Å²) in [6.07, 6.45) is 2.28. The summed E-state index contributed by atoms with van der Waals surface area (Å²) in [7, 11) is 1.60. The minimum atomic E-state index is -1.02. The molecule has 0 unspecified atom stereocenters. The molecule has 7 heteroatoms. The highest BCUT2D eigenvalue weighted by Gasteiger charge is 2.44. The van der Waals surface area contributed by atoms with Gasteiger partial charge in [-0.15, -0.1) is 0 Å². The number of aromatic amines is 1. The van der Waals surface area contributed by atoms with Gasteiger partial charge >= 0.3 is 0 Å². The van der Waals surface area contributed by atoms with Crippen LogP contribution in [0, 0.1) is 5.82 Å². The third kappa shape index (κ3) is 4.24. The number of aliphatic hydroxyl groups is 1. The van der Waals surface area contributed by atoms with Gasteiger partial charge in [-0.05, 0) is 41.8 Å². The summed E-state index contributed by atoms with van der Waals surface area (Å²) in [5, 5.41) is 11.8. The number of carbonyl (C=O) groups is 2. The lowest BCUT2D eigenvalue weighted by Gasteiger charge is -2.27. The number of nitrogens with one attached hydrogen (secondary N) is 1. The number of fused-ring (bicyclic) bond motifs is 1. The van der Waals surface area contributed by atoms with Crippen LogP contribution < -0.4 is 4.74 Å². The number of benzene rings is 3. The topological polar surface area (TPSA) is 82.6 Å². The van der Waals surface area contributed by atoms with Gasteiger partial charge in [0.05, 0.1) is 18.7 Å². The second-order valence-electron chi connectivity index (χ2n) is 8.75. The Labute approximate surface area is 207 Å². The van der Waals surface area contributed by atoms with Crippen LogP contribution in [-0.2, 0) is 22.4 Å². The number of rotatable bonds is 8. The van der Waals surface area contributed by atoms with Gasteiger partial charge in [-0.3, -0.25) is 9.59 Å². The van der Waals surface area contributed by atoms with E-state index < -0.39 is 29.3 Å². The first kappa shape index (κ1) is 23.4. The van der Waals surface area contributed by atoms with E-state index in [2.05, 4.69) is 4.98 Å². The first-order valence-electron chi connectivity index (χ1n) is 11.7. The molecule has 0 fully saturated rings. The van der Waals surface area contributed by atoms with Gasteiger partial charge in [-0.1, -0.05) is 48.5 Å². The molecule has 36 heavy (non-hydrogen) atoms. The molecule has 3 aromatic carbocycles. The van der Waals surface area contributed by atoms with Crippen LogP contribution in [0.15, 0.2) is 90.3 Å². The summed E-state index contributed by atoms with van der Waals surface area (Å²) in [4.78, 5) is 31.1. The molecular weight excluding hydrogens is 459 g/mol. The number of H-pyrrole nitrogens is 1. The zero-order valence-electron chi connectivity index (χ0n) is 19.7. The Kier molecular flexibility index (Phi) is 6.29. The molecule has 1 aliphatic heterocycles. The van der Waals surface area contributed by atoms with Gasteiger partial charge in [0.15, 0.2) is 11.5 Å². The Bertz CT molecular complexity index is 1480. The summed E-state index contributed by atoms with van der Waals surface area (Å²) in [6, 6.07) is 19.8. The fraction of sp³-hybridized carbons (Fsp3) is 0.172. The number of ketones is 1. The number of nitrogens with zero attached hydrogens (tertiary/aromatic N) is 1. The van der Waals surface area contributed by atoms with Crippen LogP contribution in [0.1, 0.15) is 22.7 Å². The Hall–Kier alpha value is -4.39. The lowest BCUT2D eigenvalue weighted by molar-refractivity contribution is -0.129. The van der Waals surface area contributed by atoms with E-state index in [1.165, 1.54) is 11.0 Å². The predicted molar refractivity (Wildman–Crippen MR) is 134 cm³/mol. The zero-order chi connectivity index (χ0) is 25.2. The minimum absolute atomic E-state index is 0.00541. The van der Waals surface area contributed by atoms with Gasteiger partial charge < -0.3 is 19.7 Å². The highest BCUT2D eigenvalue weighted by Crippen LogP contribution is 2.39. The van der Waals surface area contributed by atoms with E-state index in [4.69, 9.17) is 4.74 Å². The molecule has 6 nitrogen and oxygen atoms in total. The molecule has 0 radical (unpaired) electrons. The summed E-state index contributed by atoms with van der Waals surface area (Å²) in [5.41, 5.74) is 2.70. The van der Waals surface area contributed by atoms with Crippen LogP contribution in [0.2, 0.25) is 0 Å². The maximum absolute atomic E-state index is 15.0. The Balaban J connectivity index is 1.48. The third-order valence-corrected chi connectivity index (χ3v) is 6.61. The van der Waals surface area contributed by atoms with Crippen LogP contribution in [0.5, 0.6) is 5.75 Å². The Morgan fingerprint density at radius 3 is 2.58 bits per heavy atom. The van der Waals surface area contributed by atoms with Gasteiger partial charge in [0.25, 0.3) is 5.91 Å². The first-order chi connectivity index (χ1) is 17.5. The van der Waals surface area contributed by atoms with Crippen molar-refractivity contribution in [2.45, 2.75) is 18.9 Å². The molecule has 0 saturated heterocycles. The van der Waals surface area contributed by atoms with Crippen LogP contribution >= 0.6 is 0 Å². The number of aromatic nitrogens is 1. The standard InChI is InChI=1S/C29H25FN2O4/c1-36-20-11-12-24-22(16-20)19(17-31-24)13-14-32-27(21-9-5-6-10-23(21)30)26(28(34)29(32)35)25(33)15-18-7-3-2-4-8-18/h2-12,16-17,27,31,34H,13-15H2,1H3/t27-/m0/s1. The molecule has 1 amide bonds. The molecule has 1 aromatic heterocycles. The van der Waals surface area contributed by atoms with Crippen molar-refractivity contribution in [3.8, 4) is 5.75 Å². The van der Waals surface area contributed by atoms with Crippen molar-refractivity contribution in [1.82, 2.24) is 9.88 Å². The first-order valence-corrected chi connectivity index (χ1v) is 11.7. The number of methoxy groups -OCH3 is 1. The monoisotopic (exact) mass is 484 g/mol. The van der Waals surface area contributed by atoms with Crippen molar-refractivity contribution in [2.75, 3.05) is 13.7 Å². The number of aliphatic hydroxyl groups excluding tert-OH is 1. The van der Waals surface area contributed by atoms with Gasteiger partial charge in [0.2, 0.25) is 0 Å². The fourth-order valence-electron chi connectivity index (χ4n) is 4.80. The summed E-state index contributed by atoms with van der Waals surface area (Å²) >= 11 is 0. The van der Waals surface area contributed by atoms with Crippen molar-refractivity contribution in [2.24, 2.45) is 0 Å². The molecule has 0 saturated carbocycles. The quantitative estimate of drug-likeness (QED) is 0.366. The molecule has 1 aliphatic rings. The van der Waals surface area contributed by atoms with E-state index in [1.54, 1.807) is 37.4 Å². The molecule has 4 aromatic rings. The summed E-state index contributed by atoms with van der Waals surface area (Å²) < 4.78 is 20.3. The lowest BCUT2D eigenvalue weighted by Crippen LogP contribution is -2.33. The van der Waals surface area contributed by atoms with E-state index >= 15 is 0 Å². The molecule has 2 heterocycles. The average molecular weight is 485 g/mol. The SMILES string of the molecule is COc1ccc2[nH]cc(CCN3C(=O)C(O)=C(C(=O)Cc4ccccc4)[C@@H]3c3ccccc3F)c2c1. The highest BCUT2D eigenvalue weighted by atomic mass is 19.1. The smallest absolute Gasteiger partial charge is 0.290 e. The van der Waals surface area contributed by atoms with E-state index in [0.717, 1.165) is 22.0 Å². The van der Waals surface area contributed by atoms with Crippen molar-refractivity contribution in [3.05, 3.63) is 113 Å². The second kappa shape index (κ2) is 9.70. The molecule has 0 spiro atoms. The van der Waals surface area contributed by atoms with Crippen molar-refractivity contribution >= 4 is 22.6 Å². The van der Waals surface area contributed by atoms with Crippen LogP contribution in [0.3, 0.4) is 0 Å². The molecule has 2 N–H and O–H groups in total. The normalized spacial score (nSPS) is 15.7. The molecule has 1 atom stereocenters. The molecule has 0 bridgehead atoms. The average Bonchev–Trinajstić information content (AvgIpc) is 3.41. The van der Waals surface area contributed by atoms with Crippen LogP contribution in [0.4, 0.5) is 4.39 Å². The number of ether oxygens (including phenoxy) is 1. The van der Waals surface area contributed by atoms with Gasteiger partial charge in [-0.2, -0.15) is 0 Å². The van der Waals surface area contributed by atoms with Crippen molar-refractivity contribution in [3.63, 3.8) is 0 Å². The number of halogens is 1. The lowest BCUT2D eigenvalue weighted by atomic mass is 9.92. The number of hydrogen-bond acceptors (Lipinski definition) is 4. The predicted octanol–water partition coefficient (Wildman–Crippen LogP) is 5.07. The molecule has 182 valence electrons. The molecule has 5 rings (SSSR count). The fourth-order valence-corrected chi connectivity index (χ4v) is 4.80. The van der Waals surface area contributed by atoms with Crippen molar-refractivity contribution in [1.29, 1.82) is 0 Å². The number of carbonyl (C=O) groups excluding carboxylic acids is 2. The molecule has 0 aliphatic carbocycles. The number of hydrogen-bond donors (Lipinski definition) is 2. The van der Waals surface area contributed by atoms with Crippen LogP contribution in [0.25, 0.3) is 10.9 Å². The number of amides is 1. The maximum Gasteiger partial charge on any atom is 0.290 e.